The normalized spacial score (nSPS) is 15.5. The Kier molecular flexibility index (Phi) is 4.11. The van der Waals surface area contributed by atoms with Gasteiger partial charge in [0.15, 0.2) is 0 Å². The second-order valence-corrected chi connectivity index (χ2v) is 4.08. The number of nitrogens with zero attached hydrogens (tertiary/aromatic N) is 1. The second-order valence-electron chi connectivity index (χ2n) is 4.08. The van der Waals surface area contributed by atoms with Gasteiger partial charge in [-0.1, -0.05) is 0 Å². The van der Waals surface area contributed by atoms with Gasteiger partial charge in [0, 0.05) is 31.5 Å². The first-order chi connectivity index (χ1) is 7.45. The van der Waals surface area contributed by atoms with E-state index in [0.717, 1.165) is 32.1 Å². The first kappa shape index (κ1) is 10.6. The van der Waals surface area contributed by atoms with Gasteiger partial charge < -0.3 is 10.6 Å². The van der Waals surface area contributed by atoms with Gasteiger partial charge >= 0.3 is 0 Å². The zero-order valence-electron chi connectivity index (χ0n) is 9.08. The van der Waals surface area contributed by atoms with Gasteiger partial charge in [-0.15, -0.1) is 0 Å². The largest absolute Gasteiger partial charge is 0.315 e. The van der Waals surface area contributed by atoms with Gasteiger partial charge in [0.2, 0.25) is 0 Å². The first-order valence-electron chi connectivity index (χ1n) is 5.78. The number of nitrogens with one attached hydrogen (secondary N) is 2. The van der Waals surface area contributed by atoms with Crippen LogP contribution in [0.2, 0.25) is 0 Å². The van der Waals surface area contributed by atoms with Crippen LogP contribution < -0.4 is 10.6 Å². The van der Waals surface area contributed by atoms with Crippen LogP contribution in [0.15, 0.2) is 24.5 Å². The van der Waals surface area contributed by atoms with Crippen molar-refractivity contribution in [2.24, 2.45) is 0 Å². The lowest BCUT2D eigenvalue weighted by Crippen LogP contribution is -2.29. The van der Waals surface area contributed by atoms with Crippen LogP contribution in [0.25, 0.3) is 0 Å². The van der Waals surface area contributed by atoms with Gasteiger partial charge in [-0.25, -0.2) is 0 Å². The molecule has 82 valence electrons. The quantitative estimate of drug-likeness (QED) is 0.651. The molecule has 0 atom stereocenters. The Morgan fingerprint density at radius 3 is 2.67 bits per heavy atom. The summed E-state index contributed by atoms with van der Waals surface area (Å²) in [6, 6.07) is 4.97. The predicted molar refractivity (Wildman–Crippen MR) is 61.8 cm³/mol. The third-order valence-corrected chi connectivity index (χ3v) is 2.65. The van der Waals surface area contributed by atoms with Gasteiger partial charge in [-0.05, 0) is 43.5 Å². The van der Waals surface area contributed by atoms with E-state index in [1.807, 2.05) is 12.4 Å². The Morgan fingerprint density at radius 2 is 1.93 bits per heavy atom. The molecule has 1 saturated carbocycles. The summed E-state index contributed by atoms with van der Waals surface area (Å²) in [5.74, 6) is 0. The molecular formula is C12H19N3. The highest BCUT2D eigenvalue weighted by Crippen LogP contribution is 2.17. The van der Waals surface area contributed by atoms with Crippen LogP contribution in [0, 0.1) is 0 Å². The van der Waals surface area contributed by atoms with Crippen LogP contribution in [0.4, 0.5) is 0 Å². The molecule has 3 heteroatoms. The average molecular weight is 205 g/mol. The molecule has 0 bridgehead atoms. The Bertz CT molecular complexity index is 269. The molecule has 3 nitrogen and oxygen atoms in total. The summed E-state index contributed by atoms with van der Waals surface area (Å²) in [4.78, 5) is 4.00. The molecule has 1 aliphatic carbocycles. The molecule has 0 unspecified atom stereocenters. The van der Waals surface area contributed by atoms with Crippen molar-refractivity contribution >= 4 is 0 Å². The molecule has 1 fully saturated rings. The van der Waals surface area contributed by atoms with E-state index >= 15 is 0 Å². The maximum atomic E-state index is 4.00. The minimum atomic E-state index is 0.826. The molecule has 1 aliphatic rings. The number of hydrogen-bond acceptors (Lipinski definition) is 3. The van der Waals surface area contributed by atoms with E-state index in [1.54, 1.807) is 0 Å². The van der Waals surface area contributed by atoms with Gasteiger partial charge in [-0.3, -0.25) is 4.98 Å². The Morgan fingerprint density at radius 1 is 1.13 bits per heavy atom. The fourth-order valence-electron chi connectivity index (χ4n) is 1.56. The van der Waals surface area contributed by atoms with Gasteiger partial charge in [0.1, 0.15) is 0 Å². The smallest absolute Gasteiger partial charge is 0.0270 e. The summed E-state index contributed by atoms with van der Waals surface area (Å²) in [6.07, 6.45) is 7.54. The van der Waals surface area contributed by atoms with Gasteiger partial charge in [-0.2, -0.15) is 0 Å². The third kappa shape index (κ3) is 4.40. The number of rotatable bonds is 7. The van der Waals surface area contributed by atoms with Crippen LogP contribution in [0.3, 0.4) is 0 Å². The molecule has 0 aromatic carbocycles. The lowest BCUT2D eigenvalue weighted by molar-refractivity contribution is 0.609. The van der Waals surface area contributed by atoms with Crippen molar-refractivity contribution in [1.82, 2.24) is 15.6 Å². The molecule has 1 aromatic heterocycles. The Hall–Kier alpha value is -0.930. The van der Waals surface area contributed by atoms with Crippen LogP contribution in [-0.2, 0) is 6.42 Å². The summed E-state index contributed by atoms with van der Waals surface area (Å²) < 4.78 is 0. The van der Waals surface area contributed by atoms with E-state index in [9.17, 15) is 0 Å². The van der Waals surface area contributed by atoms with Crippen LogP contribution in [0.5, 0.6) is 0 Å². The van der Waals surface area contributed by atoms with E-state index < -0.39 is 0 Å². The molecule has 0 saturated heterocycles. The highest BCUT2D eigenvalue weighted by atomic mass is 15.0. The maximum absolute atomic E-state index is 4.00. The van der Waals surface area contributed by atoms with E-state index in [2.05, 4.69) is 27.8 Å². The summed E-state index contributed by atoms with van der Waals surface area (Å²) in [6.45, 7) is 3.22. The maximum Gasteiger partial charge on any atom is 0.0270 e. The molecule has 0 radical (unpaired) electrons. The van der Waals surface area contributed by atoms with Gasteiger partial charge in [0.05, 0.1) is 0 Å². The zero-order valence-corrected chi connectivity index (χ0v) is 9.08. The fourth-order valence-corrected chi connectivity index (χ4v) is 1.56. The van der Waals surface area contributed by atoms with E-state index in [-0.39, 0.29) is 0 Å². The minimum Gasteiger partial charge on any atom is -0.315 e. The van der Waals surface area contributed by atoms with Crippen molar-refractivity contribution < 1.29 is 0 Å². The first-order valence-corrected chi connectivity index (χ1v) is 5.78. The number of pyridine rings is 1. The average Bonchev–Trinajstić information content (AvgIpc) is 3.09. The lowest BCUT2D eigenvalue weighted by Gasteiger charge is -2.05. The van der Waals surface area contributed by atoms with E-state index in [0.29, 0.717) is 0 Å². The summed E-state index contributed by atoms with van der Waals surface area (Å²) in [7, 11) is 0. The molecule has 0 aliphatic heterocycles. The van der Waals surface area contributed by atoms with Crippen LogP contribution in [0.1, 0.15) is 18.4 Å². The standard InChI is InChI=1S/C12H19N3/c1-2-12(1)15-10-9-14-8-5-11-3-6-13-7-4-11/h3-4,6-7,12,14-15H,1-2,5,8-10H2. The van der Waals surface area contributed by atoms with Crippen molar-refractivity contribution in [1.29, 1.82) is 0 Å². The predicted octanol–water partition coefficient (Wildman–Crippen LogP) is 0.966. The molecule has 1 heterocycles. The zero-order chi connectivity index (χ0) is 10.3. The van der Waals surface area contributed by atoms with Crippen molar-refractivity contribution in [2.75, 3.05) is 19.6 Å². The minimum absolute atomic E-state index is 0.826. The summed E-state index contributed by atoms with van der Waals surface area (Å²) >= 11 is 0. The molecular weight excluding hydrogens is 186 g/mol. The topological polar surface area (TPSA) is 37.0 Å². The van der Waals surface area contributed by atoms with Crippen molar-refractivity contribution in [3.8, 4) is 0 Å². The molecule has 2 rings (SSSR count). The molecule has 2 N–H and O–H groups in total. The lowest BCUT2D eigenvalue weighted by atomic mass is 10.2. The van der Waals surface area contributed by atoms with Crippen molar-refractivity contribution in [3.05, 3.63) is 30.1 Å². The molecule has 1 aromatic rings. The second kappa shape index (κ2) is 5.83. The summed E-state index contributed by atoms with van der Waals surface area (Å²) in [5, 5.41) is 6.92. The van der Waals surface area contributed by atoms with Crippen molar-refractivity contribution in [3.63, 3.8) is 0 Å². The number of hydrogen-bond donors (Lipinski definition) is 2. The van der Waals surface area contributed by atoms with E-state index in [1.165, 1.54) is 18.4 Å². The molecule has 0 spiro atoms. The third-order valence-electron chi connectivity index (χ3n) is 2.65. The fraction of sp³-hybridized carbons (Fsp3) is 0.583. The molecule has 15 heavy (non-hydrogen) atoms. The number of aromatic nitrogens is 1. The van der Waals surface area contributed by atoms with Gasteiger partial charge in [0.25, 0.3) is 0 Å². The molecule has 0 amide bonds. The Balaban J connectivity index is 1.47. The monoisotopic (exact) mass is 205 g/mol. The Labute approximate surface area is 91.3 Å². The highest BCUT2D eigenvalue weighted by Gasteiger charge is 2.19. The van der Waals surface area contributed by atoms with Crippen LogP contribution >= 0.6 is 0 Å². The SMILES string of the molecule is c1cc(CCNCCNC2CC2)ccn1. The highest BCUT2D eigenvalue weighted by molar-refractivity contribution is 5.09. The van der Waals surface area contributed by atoms with Crippen LogP contribution in [-0.4, -0.2) is 30.7 Å². The summed E-state index contributed by atoms with van der Waals surface area (Å²) in [5.41, 5.74) is 1.35. The van der Waals surface area contributed by atoms with Crippen molar-refractivity contribution in [2.45, 2.75) is 25.3 Å². The van der Waals surface area contributed by atoms with E-state index in [4.69, 9.17) is 0 Å².